The highest BCUT2D eigenvalue weighted by Gasteiger charge is 2.22. The van der Waals surface area contributed by atoms with Crippen molar-refractivity contribution in [1.29, 1.82) is 0 Å². The molecule has 2 unspecified atom stereocenters. The van der Waals surface area contributed by atoms with Gasteiger partial charge in [-0.2, -0.15) is 0 Å². The first-order valence-corrected chi connectivity index (χ1v) is 8.00. The molecule has 1 saturated carbocycles. The summed E-state index contributed by atoms with van der Waals surface area (Å²) in [5.41, 5.74) is 1.12. The Hall–Kier alpha value is -1.83. The van der Waals surface area contributed by atoms with Gasteiger partial charge in [0.25, 0.3) is 0 Å². The molecule has 2 nitrogen and oxygen atoms in total. The van der Waals surface area contributed by atoms with Crippen molar-refractivity contribution in [3.63, 3.8) is 0 Å². The van der Waals surface area contributed by atoms with Gasteiger partial charge in [0, 0.05) is 6.04 Å². The highest BCUT2D eigenvalue weighted by atomic mass is 16.1. The molecule has 1 N–H and O–H groups in total. The normalized spacial score (nSPS) is 22.1. The van der Waals surface area contributed by atoms with E-state index >= 15 is 0 Å². The Bertz CT molecular complexity index is 629. The van der Waals surface area contributed by atoms with Crippen molar-refractivity contribution < 1.29 is 4.79 Å². The second-order valence-electron chi connectivity index (χ2n) is 6.25. The lowest BCUT2D eigenvalue weighted by atomic mass is 9.86. The van der Waals surface area contributed by atoms with Gasteiger partial charge in [0.1, 0.15) is 0 Å². The third-order valence-corrected chi connectivity index (χ3v) is 4.69. The van der Waals surface area contributed by atoms with Crippen molar-refractivity contribution in [2.45, 2.75) is 45.1 Å². The van der Waals surface area contributed by atoms with Crippen molar-refractivity contribution >= 4 is 16.7 Å². The molecule has 2 heteroatoms. The van der Waals surface area contributed by atoms with Crippen LogP contribution in [0.15, 0.2) is 42.5 Å². The molecule has 0 bridgehead atoms. The quantitative estimate of drug-likeness (QED) is 0.902. The van der Waals surface area contributed by atoms with Gasteiger partial charge < -0.3 is 5.32 Å². The number of fused-ring (bicyclic) bond motifs is 1. The Balaban J connectivity index is 1.71. The first-order chi connectivity index (χ1) is 10.2. The zero-order valence-corrected chi connectivity index (χ0v) is 12.6. The fourth-order valence-corrected chi connectivity index (χ4v) is 3.41. The van der Waals surface area contributed by atoms with Crippen molar-refractivity contribution in [3.8, 4) is 0 Å². The average Bonchev–Trinajstić information content (AvgIpc) is 2.50. The second-order valence-corrected chi connectivity index (χ2v) is 6.25. The molecule has 0 saturated heterocycles. The minimum absolute atomic E-state index is 0.158. The van der Waals surface area contributed by atoms with Crippen LogP contribution in [0.4, 0.5) is 0 Å². The molecule has 0 heterocycles. The molecule has 2 aromatic carbocycles. The fourth-order valence-electron chi connectivity index (χ4n) is 3.41. The molecular formula is C19H23NO. The minimum Gasteiger partial charge on any atom is -0.353 e. The number of hydrogen-bond acceptors (Lipinski definition) is 1. The SMILES string of the molecule is CC1CCCCC1NC(=O)Cc1cccc2ccccc12. The number of carbonyl (C=O) groups excluding carboxylic acids is 1. The highest BCUT2D eigenvalue weighted by molar-refractivity contribution is 5.90. The Labute approximate surface area is 126 Å². The summed E-state index contributed by atoms with van der Waals surface area (Å²) in [6.07, 6.45) is 5.38. The van der Waals surface area contributed by atoms with Crippen LogP contribution in [0, 0.1) is 5.92 Å². The predicted molar refractivity (Wildman–Crippen MR) is 87.2 cm³/mol. The van der Waals surface area contributed by atoms with Crippen molar-refractivity contribution in [3.05, 3.63) is 48.0 Å². The van der Waals surface area contributed by atoms with Gasteiger partial charge in [-0.05, 0) is 35.1 Å². The maximum atomic E-state index is 12.4. The lowest BCUT2D eigenvalue weighted by Crippen LogP contribution is -2.41. The maximum Gasteiger partial charge on any atom is 0.224 e. The molecule has 0 aromatic heterocycles. The van der Waals surface area contributed by atoms with Crippen LogP contribution in [-0.4, -0.2) is 11.9 Å². The van der Waals surface area contributed by atoms with Gasteiger partial charge in [0.2, 0.25) is 5.91 Å². The second kappa shape index (κ2) is 6.30. The van der Waals surface area contributed by atoms with Crippen molar-refractivity contribution in [2.75, 3.05) is 0 Å². The van der Waals surface area contributed by atoms with Crippen molar-refractivity contribution in [1.82, 2.24) is 5.32 Å². The Kier molecular flexibility index (Phi) is 4.23. The van der Waals surface area contributed by atoms with E-state index in [1.165, 1.54) is 30.0 Å². The zero-order valence-electron chi connectivity index (χ0n) is 12.6. The largest absolute Gasteiger partial charge is 0.353 e. The lowest BCUT2D eigenvalue weighted by molar-refractivity contribution is -0.121. The minimum atomic E-state index is 0.158. The van der Waals surface area contributed by atoms with Gasteiger partial charge in [-0.3, -0.25) is 4.79 Å². The predicted octanol–water partition coefficient (Wildman–Crippen LogP) is 4.08. The fraction of sp³-hybridized carbons (Fsp3) is 0.421. The van der Waals surface area contributed by atoms with Crippen LogP contribution in [0.1, 0.15) is 38.2 Å². The van der Waals surface area contributed by atoms with E-state index in [9.17, 15) is 4.79 Å². The maximum absolute atomic E-state index is 12.4. The summed E-state index contributed by atoms with van der Waals surface area (Å²) in [5.74, 6) is 0.764. The van der Waals surface area contributed by atoms with E-state index in [1.807, 2.05) is 18.2 Å². The first kappa shape index (κ1) is 14.1. The van der Waals surface area contributed by atoms with E-state index in [-0.39, 0.29) is 5.91 Å². The average molecular weight is 281 g/mol. The van der Waals surface area contributed by atoms with E-state index in [1.54, 1.807) is 0 Å². The van der Waals surface area contributed by atoms with E-state index in [0.717, 1.165) is 12.0 Å². The molecule has 1 aliphatic rings. The van der Waals surface area contributed by atoms with Crippen LogP contribution >= 0.6 is 0 Å². The van der Waals surface area contributed by atoms with Gasteiger partial charge >= 0.3 is 0 Å². The first-order valence-electron chi connectivity index (χ1n) is 8.00. The molecule has 0 aliphatic heterocycles. The van der Waals surface area contributed by atoms with Crippen molar-refractivity contribution in [2.24, 2.45) is 5.92 Å². The van der Waals surface area contributed by atoms with Gasteiger partial charge in [-0.15, -0.1) is 0 Å². The Morgan fingerprint density at radius 2 is 1.86 bits per heavy atom. The molecule has 1 fully saturated rings. The van der Waals surface area contributed by atoms with Crippen LogP contribution in [-0.2, 0) is 11.2 Å². The number of rotatable bonds is 3. The smallest absolute Gasteiger partial charge is 0.224 e. The molecule has 2 atom stereocenters. The van der Waals surface area contributed by atoms with Crippen LogP contribution in [0.5, 0.6) is 0 Å². The third kappa shape index (κ3) is 3.26. The number of nitrogens with one attached hydrogen (secondary N) is 1. The molecule has 110 valence electrons. The zero-order chi connectivity index (χ0) is 14.7. The molecule has 0 spiro atoms. The summed E-state index contributed by atoms with van der Waals surface area (Å²) < 4.78 is 0. The molecule has 0 radical (unpaired) electrons. The number of carbonyl (C=O) groups is 1. The van der Waals surface area contributed by atoms with Gasteiger partial charge in [0.15, 0.2) is 0 Å². The van der Waals surface area contributed by atoms with Crippen LogP contribution < -0.4 is 5.32 Å². The summed E-state index contributed by atoms with van der Waals surface area (Å²) in [6, 6.07) is 14.8. The number of hydrogen-bond donors (Lipinski definition) is 1. The summed E-state index contributed by atoms with van der Waals surface area (Å²) in [6.45, 7) is 2.25. The summed E-state index contributed by atoms with van der Waals surface area (Å²) in [5, 5.41) is 5.63. The number of amides is 1. The van der Waals surface area contributed by atoms with E-state index in [4.69, 9.17) is 0 Å². The third-order valence-electron chi connectivity index (χ3n) is 4.69. The van der Waals surface area contributed by atoms with Crippen LogP contribution in [0.25, 0.3) is 10.8 Å². The molecule has 2 aromatic rings. The Morgan fingerprint density at radius 1 is 1.10 bits per heavy atom. The molecular weight excluding hydrogens is 258 g/mol. The molecule has 1 amide bonds. The molecule has 1 aliphatic carbocycles. The number of benzene rings is 2. The van der Waals surface area contributed by atoms with Crippen LogP contribution in [0.2, 0.25) is 0 Å². The summed E-state index contributed by atoms with van der Waals surface area (Å²) >= 11 is 0. The van der Waals surface area contributed by atoms with Crippen LogP contribution in [0.3, 0.4) is 0 Å². The lowest BCUT2D eigenvalue weighted by Gasteiger charge is -2.29. The highest BCUT2D eigenvalue weighted by Crippen LogP contribution is 2.24. The topological polar surface area (TPSA) is 29.1 Å². The molecule has 3 rings (SSSR count). The summed E-state index contributed by atoms with van der Waals surface area (Å²) in [7, 11) is 0. The van der Waals surface area contributed by atoms with Gasteiger partial charge in [-0.25, -0.2) is 0 Å². The Morgan fingerprint density at radius 3 is 2.71 bits per heavy atom. The van der Waals surface area contributed by atoms with E-state index in [0.29, 0.717) is 18.4 Å². The standard InChI is InChI=1S/C19H23NO/c1-14-7-2-5-12-18(14)20-19(21)13-16-10-6-9-15-8-3-4-11-17(15)16/h3-4,6,8-11,14,18H,2,5,7,12-13H2,1H3,(H,20,21). The van der Waals surface area contributed by atoms with Gasteiger partial charge in [-0.1, -0.05) is 62.2 Å². The van der Waals surface area contributed by atoms with E-state index in [2.05, 4.69) is 36.5 Å². The monoisotopic (exact) mass is 281 g/mol. The molecule has 21 heavy (non-hydrogen) atoms. The summed E-state index contributed by atoms with van der Waals surface area (Å²) in [4.78, 5) is 12.4. The van der Waals surface area contributed by atoms with E-state index < -0.39 is 0 Å². The van der Waals surface area contributed by atoms with Gasteiger partial charge in [0.05, 0.1) is 6.42 Å².